The van der Waals surface area contributed by atoms with Crippen molar-refractivity contribution in [1.29, 1.82) is 0 Å². The molecular formula is C11H24N2O3. The molecule has 0 bridgehead atoms. The fourth-order valence-corrected chi connectivity index (χ4v) is 1.02. The fraction of sp³-hybridized carbons (Fsp3) is 0.909. The third-order valence-electron chi connectivity index (χ3n) is 1.78. The van der Waals surface area contributed by atoms with Crippen LogP contribution in [0.4, 0.5) is 0 Å². The van der Waals surface area contributed by atoms with Crippen molar-refractivity contribution >= 4 is 5.91 Å². The van der Waals surface area contributed by atoms with Gasteiger partial charge in [-0.05, 0) is 20.4 Å². The molecule has 96 valence electrons. The smallest absolute Gasteiger partial charge is 0.246 e. The van der Waals surface area contributed by atoms with E-state index in [1.165, 1.54) is 0 Å². The van der Waals surface area contributed by atoms with Gasteiger partial charge in [0, 0.05) is 13.1 Å². The van der Waals surface area contributed by atoms with Crippen LogP contribution < -0.4 is 10.6 Å². The molecule has 0 rings (SSSR count). The molecule has 0 aliphatic carbocycles. The van der Waals surface area contributed by atoms with Crippen molar-refractivity contribution in [3.05, 3.63) is 0 Å². The van der Waals surface area contributed by atoms with Crippen LogP contribution in [-0.2, 0) is 14.3 Å². The molecule has 16 heavy (non-hydrogen) atoms. The van der Waals surface area contributed by atoms with Crippen LogP contribution in [0.2, 0.25) is 0 Å². The summed E-state index contributed by atoms with van der Waals surface area (Å²) in [7, 11) is 0. The summed E-state index contributed by atoms with van der Waals surface area (Å²) in [6.45, 7) is 9.41. The van der Waals surface area contributed by atoms with Gasteiger partial charge in [-0.2, -0.15) is 0 Å². The first-order valence-corrected chi connectivity index (χ1v) is 5.83. The summed E-state index contributed by atoms with van der Waals surface area (Å²) in [5.74, 6) is -0.0937. The molecule has 1 amide bonds. The molecule has 5 heteroatoms. The molecule has 0 atom stereocenters. The van der Waals surface area contributed by atoms with Gasteiger partial charge in [-0.3, -0.25) is 4.79 Å². The summed E-state index contributed by atoms with van der Waals surface area (Å²) in [5, 5.41) is 5.83. The van der Waals surface area contributed by atoms with Crippen molar-refractivity contribution in [1.82, 2.24) is 10.6 Å². The van der Waals surface area contributed by atoms with Crippen LogP contribution in [0.15, 0.2) is 0 Å². The van der Waals surface area contributed by atoms with E-state index in [1.807, 2.05) is 20.8 Å². The van der Waals surface area contributed by atoms with Gasteiger partial charge in [0.2, 0.25) is 5.91 Å². The van der Waals surface area contributed by atoms with Crippen molar-refractivity contribution < 1.29 is 14.3 Å². The molecule has 5 nitrogen and oxygen atoms in total. The summed E-state index contributed by atoms with van der Waals surface area (Å²) in [6.07, 6.45) is 0.202. The molecule has 0 unspecified atom stereocenters. The highest BCUT2D eigenvalue weighted by atomic mass is 16.5. The number of carbonyl (C=O) groups excluding carboxylic acids is 1. The number of amides is 1. The van der Waals surface area contributed by atoms with E-state index in [2.05, 4.69) is 10.6 Å². The molecule has 0 aromatic rings. The SMILES string of the molecule is CCNCCOCC(=O)NCCOC(C)C. The Labute approximate surface area is 97.9 Å². The van der Waals surface area contributed by atoms with Crippen LogP contribution in [0.25, 0.3) is 0 Å². The van der Waals surface area contributed by atoms with E-state index in [-0.39, 0.29) is 18.6 Å². The maximum Gasteiger partial charge on any atom is 0.246 e. The predicted octanol–water partition coefficient (Wildman–Crippen LogP) is 0.154. The minimum atomic E-state index is -0.0937. The summed E-state index contributed by atoms with van der Waals surface area (Å²) in [4.78, 5) is 11.2. The molecule has 0 fully saturated rings. The van der Waals surface area contributed by atoms with E-state index in [4.69, 9.17) is 9.47 Å². The van der Waals surface area contributed by atoms with Crippen molar-refractivity contribution in [3.8, 4) is 0 Å². The molecule has 0 saturated carbocycles. The Kier molecular flexibility index (Phi) is 10.4. The lowest BCUT2D eigenvalue weighted by molar-refractivity contribution is -0.125. The zero-order chi connectivity index (χ0) is 12.2. The van der Waals surface area contributed by atoms with Gasteiger partial charge in [-0.25, -0.2) is 0 Å². The summed E-state index contributed by atoms with van der Waals surface area (Å²) in [6, 6.07) is 0. The highest BCUT2D eigenvalue weighted by Gasteiger charge is 2.00. The lowest BCUT2D eigenvalue weighted by atomic mass is 10.5. The van der Waals surface area contributed by atoms with Crippen LogP contribution >= 0.6 is 0 Å². The number of hydrogen-bond donors (Lipinski definition) is 2. The molecule has 0 heterocycles. The highest BCUT2D eigenvalue weighted by molar-refractivity contribution is 5.77. The first kappa shape index (κ1) is 15.3. The van der Waals surface area contributed by atoms with Crippen LogP contribution in [0.5, 0.6) is 0 Å². The van der Waals surface area contributed by atoms with E-state index < -0.39 is 0 Å². The second kappa shape index (κ2) is 10.9. The minimum absolute atomic E-state index is 0.0937. The minimum Gasteiger partial charge on any atom is -0.377 e. The molecule has 0 spiro atoms. The number of carbonyl (C=O) groups is 1. The van der Waals surface area contributed by atoms with Crippen molar-refractivity contribution in [2.75, 3.05) is 39.5 Å². The van der Waals surface area contributed by atoms with E-state index in [1.54, 1.807) is 0 Å². The van der Waals surface area contributed by atoms with Gasteiger partial charge in [0.15, 0.2) is 0 Å². The van der Waals surface area contributed by atoms with Gasteiger partial charge in [-0.1, -0.05) is 6.92 Å². The number of rotatable bonds is 10. The van der Waals surface area contributed by atoms with Crippen LogP contribution in [-0.4, -0.2) is 51.5 Å². The van der Waals surface area contributed by atoms with E-state index in [0.717, 1.165) is 13.1 Å². The Morgan fingerprint density at radius 2 is 2.00 bits per heavy atom. The molecule has 0 aromatic carbocycles. The number of hydrogen-bond acceptors (Lipinski definition) is 4. The Bertz CT molecular complexity index is 175. The first-order valence-electron chi connectivity index (χ1n) is 5.83. The molecular weight excluding hydrogens is 208 g/mol. The standard InChI is InChI=1S/C11H24N2O3/c1-4-12-5-7-15-9-11(14)13-6-8-16-10(2)3/h10,12H,4-9H2,1-3H3,(H,13,14). The van der Waals surface area contributed by atoms with E-state index >= 15 is 0 Å². The lowest BCUT2D eigenvalue weighted by Crippen LogP contribution is -2.32. The van der Waals surface area contributed by atoms with E-state index in [9.17, 15) is 4.79 Å². The van der Waals surface area contributed by atoms with Gasteiger partial charge >= 0.3 is 0 Å². The topological polar surface area (TPSA) is 59.6 Å². The highest BCUT2D eigenvalue weighted by Crippen LogP contribution is 1.85. The quantitative estimate of drug-likeness (QED) is 0.527. The fourth-order valence-electron chi connectivity index (χ4n) is 1.02. The summed E-state index contributed by atoms with van der Waals surface area (Å²) >= 11 is 0. The maximum absolute atomic E-state index is 11.2. The third kappa shape index (κ3) is 11.4. The number of likely N-dealkylation sites (N-methyl/N-ethyl adjacent to an activating group) is 1. The van der Waals surface area contributed by atoms with Gasteiger partial charge < -0.3 is 20.1 Å². The maximum atomic E-state index is 11.2. The molecule has 0 saturated heterocycles. The van der Waals surface area contributed by atoms with Gasteiger partial charge in [0.25, 0.3) is 0 Å². The molecule has 0 aliphatic rings. The molecule has 0 aromatic heterocycles. The van der Waals surface area contributed by atoms with Crippen LogP contribution in [0.1, 0.15) is 20.8 Å². The average Bonchev–Trinajstić information content (AvgIpc) is 2.24. The largest absolute Gasteiger partial charge is 0.377 e. The van der Waals surface area contributed by atoms with Crippen molar-refractivity contribution in [3.63, 3.8) is 0 Å². The van der Waals surface area contributed by atoms with Crippen LogP contribution in [0.3, 0.4) is 0 Å². The van der Waals surface area contributed by atoms with Gasteiger partial charge in [0.1, 0.15) is 6.61 Å². The average molecular weight is 232 g/mol. The van der Waals surface area contributed by atoms with Gasteiger partial charge in [-0.15, -0.1) is 0 Å². The Balaban J connectivity index is 3.18. The van der Waals surface area contributed by atoms with E-state index in [0.29, 0.717) is 19.8 Å². The first-order chi connectivity index (χ1) is 7.66. The summed E-state index contributed by atoms with van der Waals surface area (Å²) < 4.78 is 10.4. The normalized spacial score (nSPS) is 10.8. The number of nitrogens with one attached hydrogen (secondary N) is 2. The zero-order valence-electron chi connectivity index (χ0n) is 10.5. The molecule has 0 radical (unpaired) electrons. The lowest BCUT2D eigenvalue weighted by Gasteiger charge is -2.09. The monoisotopic (exact) mass is 232 g/mol. The molecule has 2 N–H and O–H groups in total. The Morgan fingerprint density at radius 3 is 2.62 bits per heavy atom. The van der Waals surface area contributed by atoms with Crippen molar-refractivity contribution in [2.24, 2.45) is 0 Å². The Morgan fingerprint density at radius 1 is 1.25 bits per heavy atom. The Hall–Kier alpha value is -0.650. The second-order valence-electron chi connectivity index (χ2n) is 3.68. The third-order valence-corrected chi connectivity index (χ3v) is 1.78. The zero-order valence-corrected chi connectivity index (χ0v) is 10.5. The van der Waals surface area contributed by atoms with Crippen LogP contribution in [0, 0.1) is 0 Å². The second-order valence-corrected chi connectivity index (χ2v) is 3.68. The summed E-state index contributed by atoms with van der Waals surface area (Å²) in [5.41, 5.74) is 0. The molecule has 0 aliphatic heterocycles. The van der Waals surface area contributed by atoms with Crippen molar-refractivity contribution in [2.45, 2.75) is 26.9 Å². The number of ether oxygens (including phenoxy) is 2. The van der Waals surface area contributed by atoms with Gasteiger partial charge in [0.05, 0.1) is 19.3 Å². The predicted molar refractivity (Wildman–Crippen MR) is 63.5 cm³/mol.